The number of alkyl carbamates (subject to hydrolysis) is 1. The third kappa shape index (κ3) is 6.93. The number of ether oxygens (including phenoxy) is 1. The highest BCUT2D eigenvalue weighted by atomic mass is 16.5. The third-order valence-corrected chi connectivity index (χ3v) is 3.27. The lowest BCUT2D eigenvalue weighted by Crippen LogP contribution is -2.24. The van der Waals surface area contributed by atoms with Gasteiger partial charge in [-0.3, -0.25) is 10.3 Å². The summed E-state index contributed by atoms with van der Waals surface area (Å²) in [7, 11) is 1.35. The van der Waals surface area contributed by atoms with E-state index < -0.39 is 6.09 Å². The Hall–Kier alpha value is -1.84. The topological polar surface area (TPSA) is 50.7 Å². The van der Waals surface area contributed by atoms with Gasteiger partial charge in [-0.25, -0.2) is 4.79 Å². The Labute approximate surface area is 128 Å². The molecule has 0 spiro atoms. The van der Waals surface area contributed by atoms with Gasteiger partial charge in [0.25, 0.3) is 0 Å². The van der Waals surface area contributed by atoms with Crippen molar-refractivity contribution >= 4 is 12.8 Å². The molecule has 0 fully saturated rings. The zero-order valence-electron chi connectivity index (χ0n) is 14.0. The second kappa shape index (κ2) is 10.9. The Morgan fingerprint density at radius 1 is 1.33 bits per heavy atom. The predicted molar refractivity (Wildman–Crippen MR) is 89.4 cm³/mol. The van der Waals surface area contributed by atoms with Crippen LogP contribution in [0.1, 0.15) is 53.4 Å². The fourth-order valence-corrected chi connectivity index (χ4v) is 1.73. The van der Waals surface area contributed by atoms with Crippen molar-refractivity contribution in [2.45, 2.75) is 53.4 Å². The van der Waals surface area contributed by atoms with Crippen LogP contribution in [-0.2, 0) is 4.74 Å². The van der Waals surface area contributed by atoms with Gasteiger partial charge >= 0.3 is 6.09 Å². The van der Waals surface area contributed by atoms with Crippen molar-refractivity contribution in [2.24, 2.45) is 4.99 Å². The molecular weight excluding hydrogens is 264 g/mol. The number of unbranched alkanes of at least 4 members (excludes halogenated alkanes) is 2. The minimum absolute atomic E-state index is 0.478. The summed E-state index contributed by atoms with van der Waals surface area (Å²) in [5.74, 6) is 0. The molecule has 0 aliphatic heterocycles. The number of nitrogens with one attached hydrogen (secondary N) is 1. The van der Waals surface area contributed by atoms with Crippen LogP contribution in [0.2, 0.25) is 0 Å². The molecule has 0 saturated carbocycles. The largest absolute Gasteiger partial charge is 0.453 e. The first kappa shape index (κ1) is 19.2. The van der Waals surface area contributed by atoms with Crippen molar-refractivity contribution < 1.29 is 9.53 Å². The highest BCUT2D eigenvalue weighted by Crippen LogP contribution is 2.21. The van der Waals surface area contributed by atoms with E-state index in [4.69, 9.17) is 4.74 Å². The van der Waals surface area contributed by atoms with Crippen LogP contribution in [0.4, 0.5) is 4.79 Å². The Balaban J connectivity index is 5.57. The molecule has 0 radical (unpaired) electrons. The van der Waals surface area contributed by atoms with E-state index in [1.165, 1.54) is 7.11 Å². The molecule has 21 heavy (non-hydrogen) atoms. The van der Waals surface area contributed by atoms with Crippen LogP contribution in [-0.4, -0.2) is 19.9 Å². The van der Waals surface area contributed by atoms with Gasteiger partial charge in [-0.05, 0) is 39.0 Å². The van der Waals surface area contributed by atoms with E-state index in [1.807, 2.05) is 26.8 Å². The SMILES string of the molecule is C=N/C(C)=C(/C=C\CCCC)C(\NC(=O)OC)=C(/C)CC. The van der Waals surface area contributed by atoms with E-state index >= 15 is 0 Å². The van der Waals surface area contributed by atoms with Gasteiger partial charge in [0.1, 0.15) is 0 Å². The van der Waals surface area contributed by atoms with Crippen molar-refractivity contribution in [2.75, 3.05) is 7.11 Å². The number of hydrogen-bond donors (Lipinski definition) is 1. The summed E-state index contributed by atoms with van der Waals surface area (Å²) in [6.07, 6.45) is 7.75. The predicted octanol–water partition coefficient (Wildman–Crippen LogP) is 4.75. The highest BCUT2D eigenvalue weighted by molar-refractivity contribution is 5.72. The summed E-state index contributed by atoms with van der Waals surface area (Å²) in [6.45, 7) is 11.7. The number of methoxy groups -OCH3 is 1. The molecule has 0 saturated heterocycles. The van der Waals surface area contributed by atoms with Crippen molar-refractivity contribution in [1.82, 2.24) is 5.32 Å². The molecule has 0 aliphatic carbocycles. The Bertz CT molecular complexity index is 446. The number of rotatable bonds is 8. The number of allylic oxidation sites excluding steroid dienone is 4. The second-order valence-electron chi connectivity index (χ2n) is 4.83. The molecule has 0 aromatic carbocycles. The van der Waals surface area contributed by atoms with Gasteiger partial charge in [-0.2, -0.15) is 0 Å². The fraction of sp³-hybridized carbons (Fsp3) is 0.529. The van der Waals surface area contributed by atoms with Crippen molar-refractivity contribution in [3.63, 3.8) is 0 Å². The molecule has 0 atom stereocenters. The van der Waals surface area contributed by atoms with Crippen molar-refractivity contribution in [1.29, 1.82) is 0 Å². The molecule has 118 valence electrons. The van der Waals surface area contributed by atoms with Gasteiger partial charge in [0.2, 0.25) is 0 Å². The molecular formula is C17H28N2O2. The Kier molecular flexibility index (Phi) is 9.94. The zero-order valence-corrected chi connectivity index (χ0v) is 14.0. The first-order valence-electron chi connectivity index (χ1n) is 7.40. The standard InChI is InChI=1S/C17H28N2O2/c1-7-9-10-11-12-15(14(4)18-5)16(13(3)8-2)19-17(20)21-6/h11-12H,5,7-10H2,1-4,6H3,(H,19,20)/b12-11-,15-14-,16-13-. The minimum atomic E-state index is -0.478. The van der Waals surface area contributed by atoms with Gasteiger partial charge in [0, 0.05) is 11.3 Å². The number of amides is 1. The lowest BCUT2D eigenvalue weighted by atomic mass is 10.0. The van der Waals surface area contributed by atoms with E-state index in [-0.39, 0.29) is 0 Å². The zero-order chi connectivity index (χ0) is 16.3. The summed E-state index contributed by atoms with van der Waals surface area (Å²) in [4.78, 5) is 15.6. The van der Waals surface area contributed by atoms with E-state index in [0.29, 0.717) is 0 Å². The number of nitrogens with zero attached hydrogens (tertiary/aromatic N) is 1. The van der Waals surface area contributed by atoms with Crippen LogP contribution in [0, 0.1) is 0 Å². The lowest BCUT2D eigenvalue weighted by molar-refractivity contribution is 0.174. The molecule has 0 aromatic rings. The molecule has 0 bridgehead atoms. The molecule has 1 amide bonds. The number of hydrogen-bond acceptors (Lipinski definition) is 3. The van der Waals surface area contributed by atoms with Crippen LogP contribution in [0.3, 0.4) is 0 Å². The highest BCUT2D eigenvalue weighted by Gasteiger charge is 2.12. The summed E-state index contributed by atoms with van der Waals surface area (Å²) in [6, 6.07) is 0. The first-order valence-corrected chi connectivity index (χ1v) is 7.40. The average Bonchev–Trinajstić information content (AvgIpc) is 2.51. The van der Waals surface area contributed by atoms with Gasteiger partial charge in [-0.15, -0.1) is 0 Å². The van der Waals surface area contributed by atoms with Crippen LogP contribution in [0.5, 0.6) is 0 Å². The smallest absolute Gasteiger partial charge is 0.411 e. The minimum Gasteiger partial charge on any atom is -0.453 e. The monoisotopic (exact) mass is 292 g/mol. The molecule has 0 aliphatic rings. The average molecular weight is 292 g/mol. The number of carbonyl (C=O) groups excluding carboxylic acids is 1. The molecule has 4 heteroatoms. The molecule has 0 rings (SSSR count). The van der Waals surface area contributed by atoms with Crippen LogP contribution in [0.15, 0.2) is 39.7 Å². The van der Waals surface area contributed by atoms with Gasteiger partial charge in [0.05, 0.1) is 12.8 Å². The van der Waals surface area contributed by atoms with E-state index in [1.54, 1.807) is 0 Å². The van der Waals surface area contributed by atoms with Crippen molar-refractivity contribution in [3.05, 3.63) is 34.7 Å². The third-order valence-electron chi connectivity index (χ3n) is 3.27. The molecule has 0 unspecified atom stereocenters. The van der Waals surface area contributed by atoms with E-state index in [0.717, 1.165) is 48.2 Å². The summed E-state index contributed by atoms with van der Waals surface area (Å²) >= 11 is 0. The Morgan fingerprint density at radius 2 is 2.00 bits per heavy atom. The summed E-state index contributed by atoms with van der Waals surface area (Å²) < 4.78 is 4.70. The van der Waals surface area contributed by atoms with Crippen LogP contribution < -0.4 is 5.32 Å². The van der Waals surface area contributed by atoms with Gasteiger partial charge in [-0.1, -0.05) is 38.8 Å². The fourth-order valence-electron chi connectivity index (χ4n) is 1.73. The first-order chi connectivity index (χ1) is 10.0. The normalized spacial score (nSPS) is 13.6. The maximum atomic E-state index is 11.6. The number of carbonyl (C=O) groups is 1. The lowest BCUT2D eigenvalue weighted by Gasteiger charge is -2.15. The quantitative estimate of drug-likeness (QED) is 0.399. The van der Waals surface area contributed by atoms with E-state index in [2.05, 4.69) is 30.0 Å². The Morgan fingerprint density at radius 3 is 2.48 bits per heavy atom. The molecule has 0 heterocycles. The summed E-state index contributed by atoms with van der Waals surface area (Å²) in [5.41, 5.74) is 3.48. The van der Waals surface area contributed by atoms with Gasteiger partial charge < -0.3 is 4.74 Å². The van der Waals surface area contributed by atoms with Crippen LogP contribution in [0.25, 0.3) is 0 Å². The van der Waals surface area contributed by atoms with Crippen molar-refractivity contribution in [3.8, 4) is 0 Å². The maximum absolute atomic E-state index is 11.6. The maximum Gasteiger partial charge on any atom is 0.411 e. The summed E-state index contributed by atoms with van der Waals surface area (Å²) in [5, 5.41) is 2.80. The van der Waals surface area contributed by atoms with E-state index in [9.17, 15) is 4.79 Å². The van der Waals surface area contributed by atoms with Gasteiger partial charge in [0.15, 0.2) is 0 Å². The second-order valence-corrected chi connectivity index (χ2v) is 4.83. The molecule has 1 N–H and O–H groups in total. The molecule has 0 aromatic heterocycles. The molecule has 4 nitrogen and oxygen atoms in total. The van der Waals surface area contributed by atoms with Crippen LogP contribution >= 0.6 is 0 Å². The number of aliphatic imine (C=N–C) groups is 1.